The number of nitrogens with zero attached hydrogens (tertiary/aromatic N) is 2. The van der Waals surface area contributed by atoms with Crippen molar-refractivity contribution in [2.75, 3.05) is 5.32 Å². The van der Waals surface area contributed by atoms with Gasteiger partial charge in [0.25, 0.3) is 0 Å². The predicted molar refractivity (Wildman–Crippen MR) is 96.0 cm³/mol. The molecule has 0 saturated carbocycles. The fourth-order valence-electron chi connectivity index (χ4n) is 3.48. The Bertz CT molecular complexity index is 897. The molecule has 1 aliphatic heterocycles. The molecule has 1 atom stereocenters. The van der Waals surface area contributed by atoms with Crippen LogP contribution in [-0.4, -0.2) is 15.5 Å². The zero-order valence-corrected chi connectivity index (χ0v) is 13.8. The molecular formula is C20H21N3O. The molecule has 122 valence electrons. The van der Waals surface area contributed by atoms with Crippen LogP contribution < -0.4 is 5.32 Å². The average Bonchev–Trinajstić information content (AvgIpc) is 2.99. The van der Waals surface area contributed by atoms with Crippen LogP contribution in [-0.2, 0) is 24.2 Å². The number of aryl methyl sites for hydroxylation is 2. The van der Waals surface area contributed by atoms with E-state index in [2.05, 4.69) is 35.0 Å². The first kappa shape index (κ1) is 14.9. The van der Waals surface area contributed by atoms with E-state index in [1.807, 2.05) is 30.3 Å². The summed E-state index contributed by atoms with van der Waals surface area (Å²) in [5.74, 6) is 1.10. The summed E-state index contributed by atoms with van der Waals surface area (Å²) < 4.78 is 2.25. The van der Waals surface area contributed by atoms with Crippen molar-refractivity contribution in [3.05, 3.63) is 59.9 Å². The minimum atomic E-state index is -0.0143. The van der Waals surface area contributed by atoms with Crippen LogP contribution >= 0.6 is 0 Å². The molecule has 3 aromatic rings. The number of nitrogens with one attached hydrogen (secondary N) is 1. The third-order valence-corrected chi connectivity index (χ3v) is 4.84. The molecule has 0 aliphatic carbocycles. The van der Waals surface area contributed by atoms with Gasteiger partial charge in [-0.05, 0) is 42.7 Å². The van der Waals surface area contributed by atoms with Crippen molar-refractivity contribution in [1.29, 1.82) is 0 Å². The number of anilines is 1. The van der Waals surface area contributed by atoms with Crippen molar-refractivity contribution in [2.45, 2.75) is 32.7 Å². The maximum atomic E-state index is 12.6. The first-order valence-corrected chi connectivity index (χ1v) is 8.58. The molecule has 4 rings (SSSR count). The van der Waals surface area contributed by atoms with Crippen LogP contribution in [0.2, 0.25) is 0 Å². The molecule has 0 fully saturated rings. The Hall–Kier alpha value is -2.62. The van der Waals surface area contributed by atoms with Crippen molar-refractivity contribution < 1.29 is 4.79 Å². The van der Waals surface area contributed by atoms with Crippen molar-refractivity contribution in [3.8, 4) is 0 Å². The molecule has 0 saturated heterocycles. The molecule has 1 N–H and O–H groups in total. The zero-order chi connectivity index (χ0) is 16.5. The summed E-state index contributed by atoms with van der Waals surface area (Å²) in [6.45, 7) is 2.97. The highest BCUT2D eigenvalue weighted by Gasteiger charge is 2.27. The van der Waals surface area contributed by atoms with E-state index < -0.39 is 0 Å². The molecule has 24 heavy (non-hydrogen) atoms. The molecule has 1 aromatic heterocycles. The monoisotopic (exact) mass is 319 g/mol. The van der Waals surface area contributed by atoms with E-state index in [4.69, 9.17) is 4.98 Å². The molecule has 1 aliphatic rings. The van der Waals surface area contributed by atoms with Gasteiger partial charge in [0.2, 0.25) is 5.91 Å². The summed E-state index contributed by atoms with van der Waals surface area (Å²) in [4.78, 5) is 17.3. The van der Waals surface area contributed by atoms with Gasteiger partial charge in [-0.1, -0.05) is 31.2 Å². The highest BCUT2D eigenvalue weighted by molar-refractivity contribution is 5.93. The summed E-state index contributed by atoms with van der Waals surface area (Å²) in [5, 5.41) is 3.07. The Morgan fingerprint density at radius 3 is 3.00 bits per heavy atom. The van der Waals surface area contributed by atoms with Crippen LogP contribution in [0, 0.1) is 5.92 Å². The molecule has 4 nitrogen and oxygen atoms in total. The molecule has 4 heteroatoms. The number of amides is 1. The van der Waals surface area contributed by atoms with Crippen LogP contribution in [0.3, 0.4) is 0 Å². The molecule has 2 heterocycles. The standard InChI is InChI=1S/C20H21N3O/c1-2-14-6-5-7-16(12-14)21-20(24)15-10-11-23-18-9-4-3-8-17(18)22-19(23)13-15/h3-9,12,15H,2,10-11,13H2,1H3,(H,21,24). The van der Waals surface area contributed by atoms with Gasteiger partial charge >= 0.3 is 0 Å². The van der Waals surface area contributed by atoms with Gasteiger partial charge in [-0.2, -0.15) is 0 Å². The number of benzene rings is 2. The highest BCUT2D eigenvalue weighted by Crippen LogP contribution is 2.26. The molecular weight excluding hydrogens is 298 g/mol. The smallest absolute Gasteiger partial charge is 0.228 e. The number of rotatable bonds is 3. The Labute approximate surface area is 141 Å². The minimum Gasteiger partial charge on any atom is -0.328 e. The van der Waals surface area contributed by atoms with Crippen molar-refractivity contribution >= 4 is 22.6 Å². The number of aromatic nitrogens is 2. The lowest BCUT2D eigenvalue weighted by Crippen LogP contribution is -2.30. The van der Waals surface area contributed by atoms with E-state index in [0.29, 0.717) is 6.42 Å². The molecule has 0 radical (unpaired) electrons. The van der Waals surface area contributed by atoms with Crippen LogP contribution in [0.25, 0.3) is 11.0 Å². The number of carbonyl (C=O) groups excluding carboxylic acids is 1. The third kappa shape index (κ3) is 2.68. The minimum absolute atomic E-state index is 0.0143. The van der Waals surface area contributed by atoms with Crippen LogP contribution in [0.15, 0.2) is 48.5 Å². The Kier molecular flexibility index (Phi) is 3.81. The van der Waals surface area contributed by atoms with Gasteiger partial charge in [0, 0.05) is 24.6 Å². The van der Waals surface area contributed by atoms with E-state index in [9.17, 15) is 4.79 Å². The highest BCUT2D eigenvalue weighted by atomic mass is 16.1. The van der Waals surface area contributed by atoms with Crippen LogP contribution in [0.4, 0.5) is 5.69 Å². The lowest BCUT2D eigenvalue weighted by Gasteiger charge is -2.23. The second kappa shape index (κ2) is 6.11. The van der Waals surface area contributed by atoms with E-state index >= 15 is 0 Å². The Morgan fingerprint density at radius 1 is 1.25 bits per heavy atom. The van der Waals surface area contributed by atoms with Gasteiger partial charge in [0.15, 0.2) is 0 Å². The van der Waals surface area contributed by atoms with E-state index in [0.717, 1.165) is 36.4 Å². The van der Waals surface area contributed by atoms with Gasteiger partial charge in [-0.25, -0.2) is 4.98 Å². The van der Waals surface area contributed by atoms with Gasteiger partial charge in [-0.15, -0.1) is 0 Å². The van der Waals surface area contributed by atoms with E-state index in [1.165, 1.54) is 11.1 Å². The number of hydrogen-bond acceptors (Lipinski definition) is 2. The summed E-state index contributed by atoms with van der Waals surface area (Å²) in [6, 6.07) is 16.3. The van der Waals surface area contributed by atoms with Crippen molar-refractivity contribution in [2.24, 2.45) is 5.92 Å². The SMILES string of the molecule is CCc1cccc(NC(=O)C2CCn3c(nc4ccccc43)C2)c1. The number of fused-ring (bicyclic) bond motifs is 3. The molecule has 0 spiro atoms. The molecule has 1 amide bonds. The summed E-state index contributed by atoms with van der Waals surface area (Å²) in [6.07, 6.45) is 2.53. The Balaban J connectivity index is 1.52. The van der Waals surface area contributed by atoms with Crippen molar-refractivity contribution in [1.82, 2.24) is 9.55 Å². The lowest BCUT2D eigenvalue weighted by atomic mass is 9.96. The lowest BCUT2D eigenvalue weighted by molar-refractivity contribution is -0.120. The number of para-hydroxylation sites is 2. The number of hydrogen-bond donors (Lipinski definition) is 1. The summed E-state index contributed by atoms with van der Waals surface area (Å²) in [7, 11) is 0. The average molecular weight is 319 g/mol. The van der Waals surface area contributed by atoms with Gasteiger partial charge in [0.1, 0.15) is 5.82 Å². The second-order valence-corrected chi connectivity index (χ2v) is 6.40. The topological polar surface area (TPSA) is 46.9 Å². The number of carbonyl (C=O) groups is 1. The van der Waals surface area contributed by atoms with Crippen LogP contribution in [0.5, 0.6) is 0 Å². The quantitative estimate of drug-likeness (QED) is 0.798. The van der Waals surface area contributed by atoms with Crippen LogP contribution in [0.1, 0.15) is 24.7 Å². The molecule has 1 unspecified atom stereocenters. The Morgan fingerprint density at radius 2 is 2.12 bits per heavy atom. The fourth-order valence-corrected chi connectivity index (χ4v) is 3.48. The first-order chi connectivity index (χ1) is 11.7. The van der Waals surface area contributed by atoms with E-state index in [-0.39, 0.29) is 11.8 Å². The van der Waals surface area contributed by atoms with Crippen molar-refractivity contribution in [3.63, 3.8) is 0 Å². The number of imidazole rings is 1. The third-order valence-electron chi connectivity index (χ3n) is 4.84. The maximum Gasteiger partial charge on any atom is 0.228 e. The van der Waals surface area contributed by atoms with Gasteiger partial charge in [-0.3, -0.25) is 4.79 Å². The second-order valence-electron chi connectivity index (χ2n) is 6.40. The first-order valence-electron chi connectivity index (χ1n) is 8.58. The van der Waals surface area contributed by atoms with Gasteiger partial charge in [0.05, 0.1) is 11.0 Å². The molecule has 2 aromatic carbocycles. The zero-order valence-electron chi connectivity index (χ0n) is 13.8. The normalized spacial score (nSPS) is 16.8. The predicted octanol–water partition coefficient (Wildman–Crippen LogP) is 3.80. The maximum absolute atomic E-state index is 12.6. The summed E-state index contributed by atoms with van der Waals surface area (Å²) in [5.41, 5.74) is 4.31. The fraction of sp³-hybridized carbons (Fsp3) is 0.300. The summed E-state index contributed by atoms with van der Waals surface area (Å²) >= 11 is 0. The molecule has 0 bridgehead atoms. The largest absolute Gasteiger partial charge is 0.328 e. The van der Waals surface area contributed by atoms with E-state index in [1.54, 1.807) is 0 Å². The van der Waals surface area contributed by atoms with Gasteiger partial charge < -0.3 is 9.88 Å².